The maximum Gasteiger partial charge on any atom is 0.265 e. The van der Waals surface area contributed by atoms with E-state index in [1.54, 1.807) is 0 Å². The second-order valence-corrected chi connectivity index (χ2v) is 6.82. The van der Waals surface area contributed by atoms with Crippen LogP contribution < -0.4 is 16.4 Å². The summed E-state index contributed by atoms with van der Waals surface area (Å²) in [4.78, 5) is 16.9. The number of amides is 1. The van der Waals surface area contributed by atoms with Crippen LogP contribution in [-0.2, 0) is 4.74 Å². The average molecular weight is 298 g/mol. The number of nitrogens with zero attached hydrogens (tertiary/aromatic N) is 1. The molecule has 1 aromatic rings. The summed E-state index contributed by atoms with van der Waals surface area (Å²) in [6.07, 6.45) is 0.815. The molecule has 0 bridgehead atoms. The molecule has 1 amide bonds. The van der Waals surface area contributed by atoms with Crippen molar-refractivity contribution < 1.29 is 9.53 Å². The van der Waals surface area contributed by atoms with Gasteiger partial charge < -0.3 is 21.1 Å². The molecule has 0 aromatic carbocycles. The van der Waals surface area contributed by atoms with Crippen LogP contribution in [0.15, 0.2) is 0 Å². The van der Waals surface area contributed by atoms with Gasteiger partial charge in [0, 0.05) is 13.2 Å². The molecule has 2 heterocycles. The highest BCUT2D eigenvalue weighted by atomic mass is 32.1. The van der Waals surface area contributed by atoms with Crippen molar-refractivity contribution in [1.29, 1.82) is 0 Å². The van der Waals surface area contributed by atoms with Gasteiger partial charge >= 0.3 is 0 Å². The van der Waals surface area contributed by atoms with Crippen LogP contribution >= 0.6 is 11.3 Å². The van der Waals surface area contributed by atoms with Crippen molar-refractivity contribution >= 4 is 28.2 Å². The lowest BCUT2D eigenvalue weighted by molar-refractivity contribution is 0.0894. The van der Waals surface area contributed by atoms with Gasteiger partial charge in [0.05, 0.1) is 12.1 Å². The predicted octanol–water partition coefficient (Wildman–Crippen LogP) is 1.70. The predicted molar refractivity (Wildman–Crippen MR) is 81.2 cm³/mol. The van der Waals surface area contributed by atoms with Gasteiger partial charge in [-0.2, -0.15) is 0 Å². The molecule has 7 heteroatoms. The van der Waals surface area contributed by atoms with Gasteiger partial charge in [0.1, 0.15) is 10.7 Å². The summed E-state index contributed by atoms with van der Waals surface area (Å²) < 4.78 is 5.33. The van der Waals surface area contributed by atoms with Gasteiger partial charge in [-0.3, -0.25) is 4.79 Å². The first-order valence-corrected chi connectivity index (χ1v) is 7.62. The van der Waals surface area contributed by atoms with Gasteiger partial charge in [0.25, 0.3) is 5.91 Å². The molecule has 1 aliphatic heterocycles. The van der Waals surface area contributed by atoms with Crippen LogP contribution in [0.5, 0.6) is 0 Å². The summed E-state index contributed by atoms with van der Waals surface area (Å²) in [5.41, 5.74) is 5.53. The fourth-order valence-corrected chi connectivity index (χ4v) is 2.74. The molecule has 6 nitrogen and oxygen atoms in total. The second kappa shape index (κ2) is 5.97. The molecule has 0 radical (unpaired) electrons. The number of nitrogens with two attached hydrogens (primary N) is 1. The molecule has 1 atom stereocenters. The van der Waals surface area contributed by atoms with Gasteiger partial charge in [0.2, 0.25) is 0 Å². The molecular formula is C13H22N4O2S. The number of hydrogen-bond donors (Lipinski definition) is 3. The Kier molecular flexibility index (Phi) is 4.49. The minimum atomic E-state index is -0.307. The van der Waals surface area contributed by atoms with Crippen molar-refractivity contribution in [3.63, 3.8) is 0 Å². The molecule has 2 rings (SSSR count). The number of thiazole rings is 1. The number of carbonyl (C=O) groups excluding carboxylic acids is 1. The first-order valence-electron chi connectivity index (χ1n) is 6.80. The van der Waals surface area contributed by atoms with Crippen molar-refractivity contribution in [1.82, 2.24) is 10.3 Å². The van der Waals surface area contributed by atoms with Crippen molar-refractivity contribution in [2.45, 2.75) is 32.7 Å². The molecule has 1 aromatic heterocycles. The van der Waals surface area contributed by atoms with Crippen LogP contribution in [0.25, 0.3) is 0 Å². The molecule has 1 aliphatic rings. The highest BCUT2D eigenvalue weighted by Gasteiger charge is 2.32. The smallest absolute Gasteiger partial charge is 0.265 e. The van der Waals surface area contributed by atoms with E-state index in [2.05, 4.69) is 29.5 Å². The Morgan fingerprint density at radius 1 is 1.60 bits per heavy atom. The standard InChI is InChI=1S/C13H22N4O2S/c1-8(2)6-15-12-16-10(14)9(20-12)11(18)17-13(3)4-5-19-7-13/h8H,4-7,14H2,1-3H3,(H,15,16)(H,17,18). The number of hydrogen-bond acceptors (Lipinski definition) is 6. The minimum Gasteiger partial charge on any atom is -0.382 e. The number of nitrogens with one attached hydrogen (secondary N) is 2. The van der Waals surface area contributed by atoms with Crippen LogP contribution in [-0.4, -0.2) is 36.2 Å². The van der Waals surface area contributed by atoms with Crippen LogP contribution in [0.4, 0.5) is 10.9 Å². The molecule has 0 saturated carbocycles. The van der Waals surface area contributed by atoms with E-state index in [-0.39, 0.29) is 17.3 Å². The van der Waals surface area contributed by atoms with E-state index >= 15 is 0 Å². The monoisotopic (exact) mass is 298 g/mol. The molecule has 112 valence electrons. The fraction of sp³-hybridized carbons (Fsp3) is 0.692. The number of ether oxygens (including phenoxy) is 1. The first kappa shape index (κ1) is 15.1. The summed E-state index contributed by atoms with van der Waals surface area (Å²) in [7, 11) is 0. The van der Waals surface area contributed by atoms with Gasteiger partial charge in [-0.1, -0.05) is 25.2 Å². The summed E-state index contributed by atoms with van der Waals surface area (Å²) in [5.74, 6) is 0.610. The minimum absolute atomic E-state index is 0.175. The average Bonchev–Trinajstić information content (AvgIpc) is 2.93. The van der Waals surface area contributed by atoms with Crippen LogP contribution in [0.1, 0.15) is 36.9 Å². The zero-order chi connectivity index (χ0) is 14.8. The quantitative estimate of drug-likeness (QED) is 0.770. The Bertz CT molecular complexity index is 481. The van der Waals surface area contributed by atoms with Crippen molar-refractivity contribution in [2.75, 3.05) is 30.8 Å². The van der Waals surface area contributed by atoms with Gasteiger partial charge in [0.15, 0.2) is 5.13 Å². The molecule has 4 N–H and O–H groups in total. The van der Waals surface area contributed by atoms with E-state index in [9.17, 15) is 4.79 Å². The maximum absolute atomic E-state index is 12.3. The van der Waals surface area contributed by atoms with Crippen LogP contribution in [0.2, 0.25) is 0 Å². The first-order chi connectivity index (χ1) is 9.39. The van der Waals surface area contributed by atoms with Gasteiger partial charge in [-0.15, -0.1) is 0 Å². The lowest BCUT2D eigenvalue weighted by Gasteiger charge is -2.22. The topological polar surface area (TPSA) is 89.3 Å². The largest absolute Gasteiger partial charge is 0.382 e. The van der Waals surface area contributed by atoms with E-state index < -0.39 is 0 Å². The third-order valence-electron chi connectivity index (χ3n) is 3.16. The fourth-order valence-electron chi connectivity index (χ4n) is 1.96. The normalized spacial score (nSPS) is 22.2. The molecule has 0 spiro atoms. The third-order valence-corrected chi connectivity index (χ3v) is 4.18. The second-order valence-electron chi connectivity index (χ2n) is 5.83. The third kappa shape index (κ3) is 3.61. The van der Waals surface area contributed by atoms with E-state index in [0.717, 1.165) is 13.0 Å². The number of anilines is 2. The SMILES string of the molecule is CC(C)CNc1nc(N)c(C(=O)NC2(C)CCOC2)s1. The zero-order valence-electron chi connectivity index (χ0n) is 12.2. The Morgan fingerprint density at radius 3 is 2.95 bits per heavy atom. The lowest BCUT2D eigenvalue weighted by atomic mass is 10.0. The van der Waals surface area contributed by atoms with E-state index in [1.165, 1.54) is 11.3 Å². The number of rotatable bonds is 5. The Morgan fingerprint density at radius 2 is 2.35 bits per heavy atom. The summed E-state index contributed by atoms with van der Waals surface area (Å²) in [6, 6.07) is 0. The number of nitrogen functional groups attached to an aromatic ring is 1. The Labute approximate surface area is 123 Å². The molecular weight excluding hydrogens is 276 g/mol. The van der Waals surface area contributed by atoms with Crippen LogP contribution in [0, 0.1) is 5.92 Å². The maximum atomic E-state index is 12.3. The Hall–Kier alpha value is -1.34. The zero-order valence-corrected chi connectivity index (χ0v) is 13.0. The molecule has 1 unspecified atom stereocenters. The van der Waals surface area contributed by atoms with Gasteiger partial charge in [-0.05, 0) is 19.3 Å². The summed E-state index contributed by atoms with van der Waals surface area (Å²) in [6.45, 7) is 8.22. The molecule has 1 saturated heterocycles. The lowest BCUT2D eigenvalue weighted by Crippen LogP contribution is -2.46. The van der Waals surface area contributed by atoms with E-state index in [4.69, 9.17) is 10.5 Å². The molecule has 1 fully saturated rings. The van der Waals surface area contributed by atoms with Crippen LogP contribution in [0.3, 0.4) is 0 Å². The van der Waals surface area contributed by atoms with Crippen molar-refractivity contribution in [3.05, 3.63) is 4.88 Å². The molecule has 0 aliphatic carbocycles. The van der Waals surface area contributed by atoms with E-state index in [1.807, 2.05) is 6.92 Å². The Balaban J connectivity index is 2.02. The summed E-state index contributed by atoms with van der Waals surface area (Å²) >= 11 is 1.29. The summed E-state index contributed by atoms with van der Waals surface area (Å²) in [5, 5.41) is 6.86. The van der Waals surface area contributed by atoms with Crippen molar-refractivity contribution in [2.24, 2.45) is 5.92 Å². The van der Waals surface area contributed by atoms with E-state index in [0.29, 0.717) is 29.1 Å². The van der Waals surface area contributed by atoms with Gasteiger partial charge in [-0.25, -0.2) is 4.98 Å². The number of carbonyl (C=O) groups is 1. The number of aromatic nitrogens is 1. The highest BCUT2D eigenvalue weighted by Crippen LogP contribution is 2.26. The highest BCUT2D eigenvalue weighted by molar-refractivity contribution is 7.18. The van der Waals surface area contributed by atoms with Crippen molar-refractivity contribution in [3.8, 4) is 0 Å². The molecule has 20 heavy (non-hydrogen) atoms.